The molecule has 0 spiro atoms. The SMILES string of the molecule is CC(O)CCN(C)C(=O)NCc1ccco1. The molecule has 16 heavy (non-hydrogen) atoms. The molecular weight excluding hydrogens is 208 g/mol. The molecule has 1 aromatic rings. The number of aliphatic hydroxyl groups is 1. The van der Waals surface area contributed by atoms with Gasteiger partial charge in [0.25, 0.3) is 0 Å². The van der Waals surface area contributed by atoms with Crippen LogP contribution in [-0.2, 0) is 6.54 Å². The second-order valence-corrected chi connectivity index (χ2v) is 3.80. The number of furan rings is 1. The molecule has 0 saturated carbocycles. The molecule has 5 heteroatoms. The summed E-state index contributed by atoms with van der Waals surface area (Å²) in [5, 5.41) is 11.8. The normalized spacial score (nSPS) is 12.2. The van der Waals surface area contributed by atoms with Crippen LogP contribution in [0.15, 0.2) is 22.8 Å². The van der Waals surface area contributed by atoms with E-state index in [1.807, 2.05) is 0 Å². The fourth-order valence-corrected chi connectivity index (χ4v) is 1.19. The first kappa shape index (κ1) is 12.6. The first-order valence-corrected chi connectivity index (χ1v) is 5.29. The first-order valence-electron chi connectivity index (χ1n) is 5.29. The molecule has 0 fully saturated rings. The lowest BCUT2D eigenvalue weighted by molar-refractivity contribution is 0.163. The van der Waals surface area contributed by atoms with Gasteiger partial charge in [-0.2, -0.15) is 0 Å². The van der Waals surface area contributed by atoms with Crippen molar-refractivity contribution >= 4 is 6.03 Å². The number of carbonyl (C=O) groups excluding carboxylic acids is 1. The van der Waals surface area contributed by atoms with Crippen LogP contribution in [0.1, 0.15) is 19.1 Å². The third kappa shape index (κ3) is 4.35. The zero-order valence-electron chi connectivity index (χ0n) is 9.64. The number of nitrogens with zero attached hydrogens (tertiary/aromatic N) is 1. The molecule has 0 aliphatic rings. The highest BCUT2D eigenvalue weighted by atomic mass is 16.3. The molecule has 1 atom stereocenters. The third-order valence-electron chi connectivity index (χ3n) is 2.22. The molecule has 1 heterocycles. The summed E-state index contributed by atoms with van der Waals surface area (Å²) in [4.78, 5) is 13.1. The number of hydrogen-bond acceptors (Lipinski definition) is 3. The second-order valence-electron chi connectivity index (χ2n) is 3.80. The molecule has 0 bridgehead atoms. The standard InChI is InChI=1S/C11H18N2O3/c1-9(14)5-6-13(2)11(15)12-8-10-4-3-7-16-10/h3-4,7,9,14H,5-6,8H2,1-2H3,(H,12,15). The van der Waals surface area contributed by atoms with Crippen molar-refractivity contribution in [2.24, 2.45) is 0 Å². The Labute approximate surface area is 95.0 Å². The van der Waals surface area contributed by atoms with Gasteiger partial charge >= 0.3 is 6.03 Å². The minimum atomic E-state index is -0.389. The topological polar surface area (TPSA) is 65.7 Å². The van der Waals surface area contributed by atoms with Crippen molar-refractivity contribution in [1.29, 1.82) is 0 Å². The Balaban J connectivity index is 2.23. The van der Waals surface area contributed by atoms with E-state index in [0.29, 0.717) is 19.5 Å². The van der Waals surface area contributed by atoms with Crippen molar-refractivity contribution in [3.05, 3.63) is 24.2 Å². The van der Waals surface area contributed by atoms with Gasteiger partial charge in [-0.15, -0.1) is 0 Å². The average molecular weight is 226 g/mol. The Bertz CT molecular complexity index is 309. The van der Waals surface area contributed by atoms with E-state index in [1.165, 1.54) is 4.90 Å². The number of urea groups is 1. The molecule has 0 aliphatic carbocycles. The number of nitrogens with one attached hydrogen (secondary N) is 1. The lowest BCUT2D eigenvalue weighted by Gasteiger charge is -2.18. The van der Waals surface area contributed by atoms with Gasteiger partial charge in [0.15, 0.2) is 0 Å². The van der Waals surface area contributed by atoms with Crippen LogP contribution in [0.5, 0.6) is 0 Å². The fraction of sp³-hybridized carbons (Fsp3) is 0.545. The average Bonchev–Trinajstić information content (AvgIpc) is 2.75. The fourth-order valence-electron chi connectivity index (χ4n) is 1.19. The second kappa shape index (κ2) is 6.17. The summed E-state index contributed by atoms with van der Waals surface area (Å²) in [6, 6.07) is 3.41. The molecule has 0 aromatic carbocycles. The highest BCUT2D eigenvalue weighted by Gasteiger charge is 2.09. The van der Waals surface area contributed by atoms with Gasteiger partial charge in [-0.05, 0) is 25.5 Å². The summed E-state index contributed by atoms with van der Waals surface area (Å²) in [7, 11) is 1.69. The van der Waals surface area contributed by atoms with E-state index in [-0.39, 0.29) is 12.1 Å². The van der Waals surface area contributed by atoms with Crippen molar-refractivity contribution in [3.8, 4) is 0 Å². The van der Waals surface area contributed by atoms with Crippen LogP contribution >= 0.6 is 0 Å². The maximum atomic E-state index is 11.5. The Morgan fingerprint density at radius 2 is 2.44 bits per heavy atom. The highest BCUT2D eigenvalue weighted by Crippen LogP contribution is 1.99. The van der Waals surface area contributed by atoms with Crippen LogP contribution in [0.3, 0.4) is 0 Å². The van der Waals surface area contributed by atoms with Gasteiger partial charge in [0.1, 0.15) is 5.76 Å². The van der Waals surface area contributed by atoms with Gasteiger partial charge in [-0.3, -0.25) is 0 Å². The van der Waals surface area contributed by atoms with Gasteiger partial charge in [0, 0.05) is 13.6 Å². The van der Waals surface area contributed by atoms with Crippen molar-refractivity contribution < 1.29 is 14.3 Å². The summed E-state index contributed by atoms with van der Waals surface area (Å²) >= 11 is 0. The van der Waals surface area contributed by atoms with E-state index in [2.05, 4.69) is 5.32 Å². The molecule has 0 saturated heterocycles. The molecule has 90 valence electrons. The maximum absolute atomic E-state index is 11.5. The van der Waals surface area contributed by atoms with E-state index in [9.17, 15) is 4.79 Å². The van der Waals surface area contributed by atoms with E-state index in [1.54, 1.807) is 32.4 Å². The Hall–Kier alpha value is -1.49. The number of amides is 2. The predicted octanol–water partition coefficient (Wildman–Crippen LogP) is 1.19. The van der Waals surface area contributed by atoms with Gasteiger partial charge in [0.2, 0.25) is 0 Å². The number of hydrogen-bond donors (Lipinski definition) is 2. The molecule has 1 rings (SSSR count). The minimum absolute atomic E-state index is 0.169. The highest BCUT2D eigenvalue weighted by molar-refractivity contribution is 5.73. The molecule has 0 radical (unpaired) electrons. The lowest BCUT2D eigenvalue weighted by Crippen LogP contribution is -2.38. The quantitative estimate of drug-likeness (QED) is 0.792. The molecule has 2 N–H and O–H groups in total. The first-order chi connectivity index (χ1) is 7.59. The van der Waals surface area contributed by atoms with Crippen LogP contribution in [0.4, 0.5) is 4.79 Å². The number of carbonyl (C=O) groups is 1. The van der Waals surface area contributed by atoms with E-state index in [4.69, 9.17) is 9.52 Å². The minimum Gasteiger partial charge on any atom is -0.467 e. The van der Waals surface area contributed by atoms with E-state index < -0.39 is 0 Å². The summed E-state index contributed by atoms with van der Waals surface area (Å²) in [6.07, 6.45) is 1.75. The largest absolute Gasteiger partial charge is 0.467 e. The molecular formula is C11H18N2O3. The van der Waals surface area contributed by atoms with Crippen LogP contribution < -0.4 is 5.32 Å². The van der Waals surface area contributed by atoms with Gasteiger partial charge < -0.3 is 19.7 Å². The number of rotatable bonds is 5. The van der Waals surface area contributed by atoms with Crippen molar-refractivity contribution in [3.63, 3.8) is 0 Å². The monoisotopic (exact) mass is 226 g/mol. The summed E-state index contributed by atoms with van der Waals surface area (Å²) in [5.41, 5.74) is 0. The summed E-state index contributed by atoms with van der Waals surface area (Å²) < 4.78 is 5.09. The summed E-state index contributed by atoms with van der Waals surface area (Å²) in [6.45, 7) is 2.61. The Morgan fingerprint density at radius 1 is 1.69 bits per heavy atom. The molecule has 1 unspecified atom stereocenters. The molecule has 0 aliphatic heterocycles. The van der Waals surface area contributed by atoms with Crippen LogP contribution in [-0.4, -0.2) is 35.7 Å². The molecule has 2 amide bonds. The van der Waals surface area contributed by atoms with Gasteiger partial charge in [-0.25, -0.2) is 4.79 Å². The van der Waals surface area contributed by atoms with Crippen molar-refractivity contribution in [2.75, 3.05) is 13.6 Å². The summed E-state index contributed by atoms with van der Waals surface area (Å²) in [5.74, 6) is 0.720. The Morgan fingerprint density at radius 3 is 3.00 bits per heavy atom. The third-order valence-corrected chi connectivity index (χ3v) is 2.22. The predicted molar refractivity (Wildman–Crippen MR) is 59.9 cm³/mol. The van der Waals surface area contributed by atoms with E-state index >= 15 is 0 Å². The van der Waals surface area contributed by atoms with Crippen LogP contribution in [0.2, 0.25) is 0 Å². The van der Waals surface area contributed by atoms with Crippen molar-refractivity contribution in [1.82, 2.24) is 10.2 Å². The van der Waals surface area contributed by atoms with Crippen molar-refractivity contribution in [2.45, 2.75) is 26.0 Å². The maximum Gasteiger partial charge on any atom is 0.317 e. The zero-order chi connectivity index (χ0) is 12.0. The smallest absolute Gasteiger partial charge is 0.317 e. The van der Waals surface area contributed by atoms with Crippen LogP contribution in [0, 0.1) is 0 Å². The Kier molecular flexibility index (Phi) is 4.85. The van der Waals surface area contributed by atoms with Gasteiger partial charge in [-0.1, -0.05) is 0 Å². The molecule has 1 aromatic heterocycles. The lowest BCUT2D eigenvalue weighted by atomic mass is 10.3. The van der Waals surface area contributed by atoms with Crippen LogP contribution in [0.25, 0.3) is 0 Å². The zero-order valence-corrected chi connectivity index (χ0v) is 9.64. The van der Waals surface area contributed by atoms with E-state index in [0.717, 1.165) is 5.76 Å². The molecule has 5 nitrogen and oxygen atoms in total. The van der Waals surface area contributed by atoms with Gasteiger partial charge in [0.05, 0.1) is 18.9 Å². The number of aliphatic hydroxyl groups excluding tert-OH is 1.